The Hall–Kier alpha value is -3.10. The zero-order valence-corrected chi connectivity index (χ0v) is 14.7. The van der Waals surface area contributed by atoms with E-state index in [4.69, 9.17) is 6.57 Å². The van der Waals surface area contributed by atoms with Crippen LogP contribution in [0, 0.1) is 6.57 Å². The first-order chi connectivity index (χ1) is 13.7. The maximum absolute atomic E-state index is 13.1. The number of alkyl halides is 9. The van der Waals surface area contributed by atoms with E-state index in [-0.39, 0.29) is 5.56 Å². The Bertz CT molecular complexity index is 927. The van der Waals surface area contributed by atoms with Gasteiger partial charge in [-0.1, -0.05) is 18.2 Å². The highest BCUT2D eigenvalue weighted by molar-refractivity contribution is 5.62. The summed E-state index contributed by atoms with van der Waals surface area (Å²) < 4.78 is 119. The molecule has 0 heterocycles. The van der Waals surface area contributed by atoms with Crippen LogP contribution in [0.25, 0.3) is 4.85 Å². The minimum atomic E-state index is -5.03. The van der Waals surface area contributed by atoms with E-state index >= 15 is 0 Å². The molecule has 3 nitrogen and oxygen atoms in total. The lowest BCUT2D eigenvalue weighted by Gasteiger charge is -2.27. The zero-order valence-electron chi connectivity index (χ0n) is 14.7. The molecule has 2 aromatic rings. The Balaban J connectivity index is 2.44. The molecule has 0 atom stereocenters. The van der Waals surface area contributed by atoms with Gasteiger partial charge in [0.05, 0.1) is 12.1 Å². The van der Waals surface area contributed by atoms with E-state index in [2.05, 4.69) is 9.58 Å². The molecule has 2 rings (SSSR count). The summed E-state index contributed by atoms with van der Waals surface area (Å²) in [5, 5.41) is 0. The summed E-state index contributed by atoms with van der Waals surface area (Å²) in [5.74, 6) is -0.689. The molecule has 0 spiro atoms. The summed E-state index contributed by atoms with van der Waals surface area (Å²) in [7, 11) is 0. The fourth-order valence-corrected chi connectivity index (χ4v) is 2.56. The monoisotopic (exact) mass is 442 g/mol. The number of nitrogens with zero attached hydrogens (tertiary/aromatic N) is 2. The van der Waals surface area contributed by atoms with Crippen molar-refractivity contribution < 1.29 is 44.3 Å². The van der Waals surface area contributed by atoms with Crippen LogP contribution in [0.15, 0.2) is 42.5 Å². The van der Waals surface area contributed by atoms with Crippen LogP contribution in [-0.4, -0.2) is 19.1 Å². The highest BCUT2D eigenvalue weighted by atomic mass is 19.4. The molecule has 0 aromatic heterocycles. The summed E-state index contributed by atoms with van der Waals surface area (Å²) in [4.78, 5) is 3.22. The second-order valence-electron chi connectivity index (χ2n) is 5.98. The van der Waals surface area contributed by atoms with Gasteiger partial charge < -0.3 is 9.64 Å². The number of anilines is 1. The van der Waals surface area contributed by atoms with Crippen LogP contribution in [0.4, 0.5) is 50.9 Å². The van der Waals surface area contributed by atoms with E-state index in [9.17, 15) is 39.5 Å². The standard InChI is InChI=1S/C18H11F9N2O/c1-28-15-6-5-12(8-14(15)17(22,23)24)29(10-16(19,20)21)9-11-3-2-4-13(7-11)30-18(25,26)27/h2-8H,9-10H2. The third-order valence-corrected chi connectivity index (χ3v) is 3.65. The molecule has 0 saturated heterocycles. The molecule has 0 saturated carbocycles. The third-order valence-electron chi connectivity index (χ3n) is 3.65. The van der Waals surface area contributed by atoms with Crippen molar-refractivity contribution in [1.82, 2.24) is 0 Å². The van der Waals surface area contributed by atoms with Crippen molar-refractivity contribution >= 4 is 11.4 Å². The number of hydrogen-bond donors (Lipinski definition) is 0. The van der Waals surface area contributed by atoms with E-state index in [1.165, 1.54) is 6.07 Å². The van der Waals surface area contributed by atoms with Crippen LogP contribution in [0.2, 0.25) is 0 Å². The van der Waals surface area contributed by atoms with Gasteiger partial charge in [0.2, 0.25) is 0 Å². The fourth-order valence-electron chi connectivity index (χ4n) is 2.56. The average Bonchev–Trinajstić information content (AvgIpc) is 2.57. The molecule has 0 bridgehead atoms. The molecule has 2 aromatic carbocycles. The fraction of sp³-hybridized carbons (Fsp3) is 0.278. The summed E-state index contributed by atoms with van der Waals surface area (Å²) in [6, 6.07) is 6.10. The molecule has 0 amide bonds. The summed E-state index contributed by atoms with van der Waals surface area (Å²) in [6.45, 7) is 4.45. The molecule has 0 fully saturated rings. The second-order valence-corrected chi connectivity index (χ2v) is 5.98. The summed E-state index contributed by atoms with van der Waals surface area (Å²) in [5.41, 5.74) is -2.78. The minimum Gasteiger partial charge on any atom is -0.406 e. The molecule has 0 unspecified atom stereocenters. The number of ether oxygens (including phenoxy) is 1. The second kappa shape index (κ2) is 8.33. The lowest BCUT2D eigenvalue weighted by molar-refractivity contribution is -0.274. The maximum atomic E-state index is 13.1. The van der Waals surface area contributed by atoms with Crippen molar-refractivity contribution in [2.24, 2.45) is 0 Å². The van der Waals surface area contributed by atoms with Crippen molar-refractivity contribution in [2.75, 3.05) is 11.4 Å². The number of rotatable bonds is 5. The van der Waals surface area contributed by atoms with Gasteiger partial charge in [-0.05, 0) is 29.8 Å². The highest BCUT2D eigenvalue weighted by Crippen LogP contribution is 2.39. The lowest BCUT2D eigenvalue weighted by atomic mass is 10.1. The Morgan fingerprint density at radius 3 is 2.10 bits per heavy atom. The van der Waals surface area contributed by atoms with Crippen LogP contribution in [-0.2, 0) is 12.7 Å². The summed E-state index contributed by atoms with van der Waals surface area (Å²) >= 11 is 0. The molecular formula is C18H11F9N2O. The largest absolute Gasteiger partial charge is 0.573 e. The van der Waals surface area contributed by atoms with Gasteiger partial charge in [-0.25, -0.2) is 4.85 Å². The van der Waals surface area contributed by atoms with E-state index in [1.54, 1.807) is 0 Å². The van der Waals surface area contributed by atoms with E-state index in [1.807, 2.05) is 0 Å². The average molecular weight is 442 g/mol. The van der Waals surface area contributed by atoms with Crippen molar-refractivity contribution in [1.29, 1.82) is 0 Å². The molecule has 0 aliphatic heterocycles. The maximum Gasteiger partial charge on any atom is 0.573 e. The van der Waals surface area contributed by atoms with Crippen LogP contribution in [0.1, 0.15) is 11.1 Å². The first-order valence-electron chi connectivity index (χ1n) is 7.93. The number of benzene rings is 2. The minimum absolute atomic E-state index is 0.0659. The van der Waals surface area contributed by atoms with Gasteiger partial charge in [0, 0.05) is 12.2 Å². The van der Waals surface area contributed by atoms with Gasteiger partial charge in [-0.2, -0.15) is 26.3 Å². The van der Waals surface area contributed by atoms with Crippen LogP contribution in [0.3, 0.4) is 0 Å². The molecule has 30 heavy (non-hydrogen) atoms. The molecule has 0 N–H and O–H groups in total. The molecule has 12 heteroatoms. The van der Waals surface area contributed by atoms with Crippen molar-refractivity contribution in [3.63, 3.8) is 0 Å². The van der Waals surface area contributed by atoms with Gasteiger partial charge in [0.25, 0.3) is 0 Å². The zero-order chi connectivity index (χ0) is 22.7. The Morgan fingerprint density at radius 2 is 1.57 bits per heavy atom. The first-order valence-corrected chi connectivity index (χ1v) is 7.93. The van der Waals surface area contributed by atoms with Crippen LogP contribution >= 0.6 is 0 Å². The van der Waals surface area contributed by atoms with Gasteiger partial charge in [0.15, 0.2) is 5.69 Å². The Labute approximate surface area is 164 Å². The quantitative estimate of drug-likeness (QED) is 0.378. The highest BCUT2D eigenvalue weighted by Gasteiger charge is 2.36. The predicted molar refractivity (Wildman–Crippen MR) is 87.9 cm³/mol. The molecular weight excluding hydrogens is 431 g/mol. The SMILES string of the molecule is [C-]#[N+]c1ccc(N(Cc2cccc(OC(F)(F)F)c2)CC(F)(F)F)cc1C(F)(F)F. The Morgan fingerprint density at radius 1 is 0.900 bits per heavy atom. The smallest absolute Gasteiger partial charge is 0.406 e. The van der Waals surface area contributed by atoms with E-state index in [0.29, 0.717) is 11.0 Å². The van der Waals surface area contributed by atoms with E-state index in [0.717, 1.165) is 30.3 Å². The summed E-state index contributed by atoms with van der Waals surface area (Å²) in [6.07, 6.45) is -14.8. The predicted octanol–water partition coefficient (Wildman–Crippen LogP) is 6.72. The van der Waals surface area contributed by atoms with Crippen molar-refractivity contribution in [3.8, 4) is 5.75 Å². The van der Waals surface area contributed by atoms with Crippen molar-refractivity contribution in [3.05, 3.63) is 65.0 Å². The van der Waals surface area contributed by atoms with Crippen molar-refractivity contribution in [2.45, 2.75) is 25.3 Å². The first kappa shape index (κ1) is 23.2. The van der Waals surface area contributed by atoms with Gasteiger partial charge >= 0.3 is 18.7 Å². The third kappa shape index (κ3) is 6.75. The molecule has 0 aliphatic carbocycles. The number of hydrogen-bond acceptors (Lipinski definition) is 2. The Kier molecular flexibility index (Phi) is 6.44. The van der Waals surface area contributed by atoms with Crippen LogP contribution in [0.5, 0.6) is 5.75 Å². The van der Waals surface area contributed by atoms with Gasteiger partial charge in [-0.3, -0.25) is 0 Å². The number of halogens is 9. The van der Waals surface area contributed by atoms with E-state index < -0.39 is 54.5 Å². The van der Waals surface area contributed by atoms with Gasteiger partial charge in [0.1, 0.15) is 12.3 Å². The lowest BCUT2D eigenvalue weighted by Crippen LogP contribution is -2.34. The van der Waals surface area contributed by atoms with Gasteiger partial charge in [-0.15, -0.1) is 13.2 Å². The van der Waals surface area contributed by atoms with Crippen LogP contribution < -0.4 is 9.64 Å². The molecule has 162 valence electrons. The molecule has 0 radical (unpaired) electrons. The molecule has 0 aliphatic rings. The normalized spacial score (nSPS) is 12.4. The topological polar surface area (TPSA) is 16.8 Å².